The van der Waals surface area contributed by atoms with Crippen LogP contribution in [-0.4, -0.2) is 63.0 Å². The lowest BCUT2D eigenvalue weighted by atomic mass is 10.2. The highest BCUT2D eigenvalue weighted by atomic mass is 32.2. The number of fused-ring (bicyclic) bond motifs is 1. The molecule has 6 rings (SSSR count). The maximum Gasteiger partial charge on any atom is 0.243 e. The van der Waals surface area contributed by atoms with Crippen LogP contribution in [0.4, 0.5) is 15.8 Å². The zero-order valence-corrected chi connectivity index (χ0v) is 21.3. The number of hydrogen-bond acceptors (Lipinski definition) is 7. The van der Waals surface area contributed by atoms with E-state index in [1.807, 2.05) is 4.90 Å². The number of ether oxygens (including phenoxy) is 2. The smallest absolute Gasteiger partial charge is 0.243 e. The third-order valence-corrected chi connectivity index (χ3v) is 9.20. The van der Waals surface area contributed by atoms with Crippen molar-refractivity contribution in [3.05, 3.63) is 72.7 Å². The number of carbonyl (C=O) groups is 1. The molecule has 0 bridgehead atoms. The van der Waals surface area contributed by atoms with Gasteiger partial charge in [0.25, 0.3) is 0 Å². The number of benzene rings is 2. The van der Waals surface area contributed by atoms with Gasteiger partial charge in [-0.25, -0.2) is 17.8 Å². The molecule has 38 heavy (non-hydrogen) atoms. The molecule has 198 valence electrons. The molecule has 2 unspecified atom stereocenters. The van der Waals surface area contributed by atoms with Crippen molar-refractivity contribution in [3.8, 4) is 11.6 Å². The van der Waals surface area contributed by atoms with Crippen LogP contribution in [0.25, 0.3) is 0 Å². The second kappa shape index (κ2) is 9.97. The van der Waals surface area contributed by atoms with Crippen molar-refractivity contribution < 1.29 is 27.1 Å². The lowest BCUT2D eigenvalue weighted by Gasteiger charge is -2.29. The van der Waals surface area contributed by atoms with E-state index in [4.69, 9.17) is 9.47 Å². The molecule has 1 aliphatic carbocycles. The van der Waals surface area contributed by atoms with Gasteiger partial charge in [0, 0.05) is 50.0 Å². The molecule has 3 heterocycles. The van der Waals surface area contributed by atoms with Gasteiger partial charge in [-0.05, 0) is 60.4 Å². The van der Waals surface area contributed by atoms with E-state index in [-0.39, 0.29) is 41.6 Å². The van der Waals surface area contributed by atoms with Crippen molar-refractivity contribution in [2.75, 3.05) is 49.6 Å². The van der Waals surface area contributed by atoms with Crippen LogP contribution in [0.5, 0.6) is 11.6 Å². The van der Waals surface area contributed by atoms with Gasteiger partial charge in [0.1, 0.15) is 11.6 Å². The Balaban J connectivity index is 1.04. The van der Waals surface area contributed by atoms with Crippen LogP contribution in [0.1, 0.15) is 0 Å². The van der Waals surface area contributed by atoms with Gasteiger partial charge in [0.05, 0.1) is 23.8 Å². The van der Waals surface area contributed by atoms with E-state index in [2.05, 4.69) is 10.3 Å². The van der Waals surface area contributed by atoms with Crippen LogP contribution in [-0.2, 0) is 19.6 Å². The van der Waals surface area contributed by atoms with Crippen molar-refractivity contribution in [2.24, 2.45) is 17.8 Å². The zero-order valence-electron chi connectivity index (χ0n) is 20.5. The van der Waals surface area contributed by atoms with Gasteiger partial charge < -0.3 is 19.7 Å². The second-order valence-corrected chi connectivity index (χ2v) is 11.6. The molecule has 3 fully saturated rings. The lowest BCUT2D eigenvalue weighted by Crippen LogP contribution is -2.36. The highest BCUT2D eigenvalue weighted by Crippen LogP contribution is 2.53. The largest absolute Gasteiger partial charge is 0.439 e. The molecule has 2 saturated heterocycles. The summed E-state index contributed by atoms with van der Waals surface area (Å²) in [6.45, 7) is 2.91. The molecule has 3 aromatic rings. The minimum absolute atomic E-state index is 0.0472. The summed E-state index contributed by atoms with van der Waals surface area (Å²) < 4.78 is 53.4. The first-order valence-electron chi connectivity index (χ1n) is 12.5. The molecule has 3 aliphatic rings. The Morgan fingerprint density at radius 1 is 1.03 bits per heavy atom. The van der Waals surface area contributed by atoms with E-state index in [0.717, 1.165) is 0 Å². The average Bonchev–Trinajstić information content (AvgIpc) is 3.43. The topological polar surface area (TPSA) is 101 Å². The number of halogens is 1. The molecular weight excluding hydrogens is 511 g/mol. The van der Waals surface area contributed by atoms with Crippen molar-refractivity contribution >= 4 is 27.3 Å². The molecule has 2 atom stereocenters. The van der Waals surface area contributed by atoms with E-state index in [0.29, 0.717) is 49.3 Å². The lowest BCUT2D eigenvalue weighted by molar-refractivity contribution is -0.118. The van der Waals surface area contributed by atoms with E-state index < -0.39 is 15.8 Å². The Morgan fingerprint density at radius 3 is 2.42 bits per heavy atom. The standard InChI is InChI=1S/C27H27FN4O5S/c28-23-15-18(4-9-24(23)31-11-13-36-14-12-31)30-27(33)26-21-16-32(17-22(21)26)38(34,35)20-7-5-19(6-8-20)37-25-3-1-2-10-29-25/h1-10,15,21-22,26H,11-14,16-17H2,(H,30,33). The molecule has 1 N–H and O–H groups in total. The Labute approximate surface area is 220 Å². The van der Waals surface area contributed by atoms with Gasteiger partial charge in [0.15, 0.2) is 0 Å². The van der Waals surface area contributed by atoms with Crippen molar-refractivity contribution in [1.29, 1.82) is 0 Å². The van der Waals surface area contributed by atoms with E-state index in [1.54, 1.807) is 48.7 Å². The van der Waals surface area contributed by atoms with Crippen molar-refractivity contribution in [2.45, 2.75) is 4.90 Å². The minimum atomic E-state index is -3.69. The molecule has 9 nitrogen and oxygen atoms in total. The Morgan fingerprint density at radius 2 is 1.76 bits per heavy atom. The first-order valence-corrected chi connectivity index (χ1v) is 14.0. The third-order valence-electron chi connectivity index (χ3n) is 7.35. The number of pyridine rings is 1. The number of sulfonamides is 1. The predicted molar refractivity (Wildman–Crippen MR) is 138 cm³/mol. The summed E-state index contributed by atoms with van der Waals surface area (Å²) >= 11 is 0. The summed E-state index contributed by atoms with van der Waals surface area (Å²) in [5.74, 6) is -0.0671. The number of aromatic nitrogens is 1. The van der Waals surface area contributed by atoms with E-state index in [1.165, 1.54) is 22.5 Å². The molecule has 2 aromatic carbocycles. The highest BCUT2D eigenvalue weighted by Gasteiger charge is 2.61. The molecular formula is C27H27FN4O5S. The normalized spacial score (nSPS) is 23.1. The monoisotopic (exact) mass is 538 g/mol. The van der Waals surface area contributed by atoms with Crippen LogP contribution in [0.3, 0.4) is 0 Å². The van der Waals surface area contributed by atoms with Crippen LogP contribution in [0, 0.1) is 23.6 Å². The number of carbonyl (C=O) groups excluding carboxylic acids is 1. The number of anilines is 2. The van der Waals surface area contributed by atoms with Gasteiger partial charge in [0.2, 0.25) is 21.8 Å². The summed E-state index contributed by atoms with van der Waals surface area (Å²) in [7, 11) is -3.69. The fourth-order valence-corrected chi connectivity index (χ4v) is 6.82. The Kier molecular flexibility index (Phi) is 6.50. The van der Waals surface area contributed by atoms with Gasteiger partial charge in [-0.2, -0.15) is 4.31 Å². The van der Waals surface area contributed by atoms with E-state index in [9.17, 15) is 17.6 Å². The van der Waals surface area contributed by atoms with Gasteiger partial charge in [-0.1, -0.05) is 6.07 Å². The molecule has 1 amide bonds. The van der Waals surface area contributed by atoms with E-state index >= 15 is 0 Å². The van der Waals surface area contributed by atoms with Gasteiger partial charge in [-0.15, -0.1) is 0 Å². The molecule has 1 aromatic heterocycles. The molecule has 0 radical (unpaired) electrons. The minimum Gasteiger partial charge on any atom is -0.439 e. The summed E-state index contributed by atoms with van der Waals surface area (Å²) in [5, 5.41) is 2.81. The van der Waals surface area contributed by atoms with Crippen LogP contribution in [0.2, 0.25) is 0 Å². The summed E-state index contributed by atoms with van der Waals surface area (Å²) in [5.41, 5.74) is 0.888. The molecule has 2 aliphatic heterocycles. The number of amides is 1. The molecule has 1 saturated carbocycles. The third kappa shape index (κ3) is 4.84. The summed E-state index contributed by atoms with van der Waals surface area (Å²) in [4.78, 5) is 19.0. The zero-order chi connectivity index (χ0) is 26.3. The second-order valence-electron chi connectivity index (χ2n) is 9.67. The van der Waals surface area contributed by atoms with Crippen LogP contribution < -0.4 is 15.0 Å². The van der Waals surface area contributed by atoms with Gasteiger partial charge in [-0.3, -0.25) is 4.79 Å². The van der Waals surface area contributed by atoms with Crippen LogP contribution >= 0.6 is 0 Å². The maximum absolute atomic E-state index is 14.7. The summed E-state index contributed by atoms with van der Waals surface area (Å²) in [6, 6.07) is 16.2. The number of nitrogens with zero attached hydrogens (tertiary/aromatic N) is 3. The average molecular weight is 539 g/mol. The van der Waals surface area contributed by atoms with Crippen molar-refractivity contribution in [3.63, 3.8) is 0 Å². The number of nitrogens with one attached hydrogen (secondary N) is 1. The first-order chi connectivity index (χ1) is 18.4. The summed E-state index contributed by atoms with van der Waals surface area (Å²) in [6.07, 6.45) is 1.61. The Bertz CT molecular complexity index is 1420. The quantitative estimate of drug-likeness (QED) is 0.492. The fraction of sp³-hybridized carbons (Fsp3) is 0.333. The van der Waals surface area contributed by atoms with Crippen LogP contribution in [0.15, 0.2) is 71.8 Å². The molecule has 0 spiro atoms. The number of piperidine rings is 1. The molecule has 11 heteroatoms. The first kappa shape index (κ1) is 24.8. The number of rotatable bonds is 7. The predicted octanol–water partition coefficient (Wildman–Crippen LogP) is 3.35. The Hall–Kier alpha value is -3.54. The fourth-order valence-electron chi connectivity index (χ4n) is 5.30. The SMILES string of the molecule is O=C(Nc1ccc(N2CCOCC2)c(F)c1)C1C2CN(S(=O)(=O)c3ccc(Oc4ccccn4)cc3)CC21. The highest BCUT2D eigenvalue weighted by molar-refractivity contribution is 7.89. The van der Waals surface area contributed by atoms with Gasteiger partial charge >= 0.3 is 0 Å². The maximum atomic E-state index is 14.7. The number of hydrogen-bond donors (Lipinski definition) is 1. The number of morpholine rings is 1. The van der Waals surface area contributed by atoms with Crippen molar-refractivity contribution in [1.82, 2.24) is 9.29 Å².